The van der Waals surface area contributed by atoms with Gasteiger partial charge in [-0.3, -0.25) is 10.1 Å². The number of ether oxygens (including phenoxy) is 1. The zero-order valence-corrected chi connectivity index (χ0v) is 11.8. The van der Waals surface area contributed by atoms with Crippen molar-refractivity contribution in [3.63, 3.8) is 0 Å². The molecule has 0 atom stereocenters. The summed E-state index contributed by atoms with van der Waals surface area (Å²) in [6, 6.07) is 7.96. The second-order valence-corrected chi connectivity index (χ2v) is 4.71. The average molecular weight is 328 g/mol. The highest BCUT2D eigenvalue weighted by Gasteiger charge is 2.17. The number of hydrogen-bond acceptors (Lipinski definition) is 4. The Morgan fingerprint density at radius 3 is 2.48 bits per heavy atom. The molecular formula is C13H7Cl2NO5. The summed E-state index contributed by atoms with van der Waals surface area (Å²) in [6.45, 7) is 0. The van der Waals surface area contributed by atoms with Gasteiger partial charge in [0, 0.05) is 12.1 Å². The van der Waals surface area contributed by atoms with E-state index in [1.165, 1.54) is 30.3 Å². The minimum atomic E-state index is -1.21. The van der Waals surface area contributed by atoms with Crippen LogP contribution in [0.2, 0.25) is 10.0 Å². The van der Waals surface area contributed by atoms with Gasteiger partial charge in [-0.05, 0) is 18.2 Å². The standard InChI is InChI=1S/C13H7Cl2NO5/c14-9-3-1-2-8(13(17)18)12(9)21-7-4-5-11(16(19)20)10(15)6-7/h1-6H,(H,17,18). The van der Waals surface area contributed by atoms with Crippen LogP contribution in [0.3, 0.4) is 0 Å². The SMILES string of the molecule is O=C(O)c1cccc(Cl)c1Oc1ccc([N+](=O)[O-])c(Cl)c1. The summed E-state index contributed by atoms with van der Waals surface area (Å²) in [5, 5.41) is 19.7. The summed E-state index contributed by atoms with van der Waals surface area (Å²) in [5.41, 5.74) is -0.404. The minimum absolute atomic E-state index is 0.0587. The second-order valence-electron chi connectivity index (χ2n) is 3.89. The van der Waals surface area contributed by atoms with Gasteiger partial charge < -0.3 is 9.84 Å². The molecule has 0 aliphatic rings. The van der Waals surface area contributed by atoms with Gasteiger partial charge in [-0.25, -0.2) is 4.79 Å². The molecule has 0 spiro atoms. The number of carboxylic acids is 1. The predicted molar refractivity (Wildman–Crippen MR) is 76.6 cm³/mol. The van der Waals surface area contributed by atoms with E-state index in [-0.39, 0.29) is 32.8 Å². The van der Waals surface area contributed by atoms with Crippen LogP contribution >= 0.6 is 23.2 Å². The third-order valence-electron chi connectivity index (χ3n) is 2.53. The normalized spacial score (nSPS) is 10.2. The molecule has 0 aliphatic heterocycles. The fourth-order valence-electron chi connectivity index (χ4n) is 1.60. The van der Waals surface area contributed by atoms with Crippen LogP contribution in [0.15, 0.2) is 36.4 Å². The highest BCUT2D eigenvalue weighted by Crippen LogP contribution is 2.35. The number of nitrogens with zero attached hydrogens (tertiary/aromatic N) is 1. The van der Waals surface area contributed by atoms with Crippen molar-refractivity contribution < 1.29 is 19.6 Å². The van der Waals surface area contributed by atoms with Crippen LogP contribution in [0.25, 0.3) is 0 Å². The Bertz CT molecular complexity index is 732. The Kier molecular flexibility index (Phi) is 4.30. The van der Waals surface area contributed by atoms with E-state index in [2.05, 4.69) is 0 Å². The molecule has 0 fully saturated rings. The number of halogens is 2. The summed E-state index contributed by atoms with van der Waals surface area (Å²) < 4.78 is 5.40. The summed E-state index contributed by atoms with van der Waals surface area (Å²) in [7, 11) is 0. The molecule has 108 valence electrons. The van der Waals surface area contributed by atoms with E-state index in [4.69, 9.17) is 33.0 Å². The molecule has 6 nitrogen and oxygen atoms in total. The predicted octanol–water partition coefficient (Wildman–Crippen LogP) is 4.39. The fourth-order valence-corrected chi connectivity index (χ4v) is 2.05. The molecule has 2 rings (SSSR count). The summed E-state index contributed by atoms with van der Waals surface area (Å²) in [4.78, 5) is 21.2. The number of carbonyl (C=O) groups is 1. The van der Waals surface area contributed by atoms with Gasteiger partial charge in [0.25, 0.3) is 5.69 Å². The molecule has 8 heteroatoms. The molecule has 0 bridgehead atoms. The maximum atomic E-state index is 11.1. The lowest BCUT2D eigenvalue weighted by atomic mass is 10.2. The maximum absolute atomic E-state index is 11.1. The van der Waals surface area contributed by atoms with Crippen molar-refractivity contribution in [2.75, 3.05) is 0 Å². The van der Waals surface area contributed by atoms with E-state index >= 15 is 0 Å². The van der Waals surface area contributed by atoms with Crippen LogP contribution in [0, 0.1) is 10.1 Å². The fraction of sp³-hybridized carbons (Fsp3) is 0. The van der Waals surface area contributed by atoms with Crippen molar-refractivity contribution in [1.29, 1.82) is 0 Å². The zero-order chi connectivity index (χ0) is 15.6. The Morgan fingerprint density at radius 1 is 1.19 bits per heavy atom. The first-order valence-electron chi connectivity index (χ1n) is 5.53. The van der Waals surface area contributed by atoms with Gasteiger partial charge >= 0.3 is 5.97 Å². The van der Waals surface area contributed by atoms with Gasteiger partial charge in [-0.15, -0.1) is 0 Å². The van der Waals surface area contributed by atoms with Crippen LogP contribution in [-0.4, -0.2) is 16.0 Å². The van der Waals surface area contributed by atoms with Gasteiger partial charge in [0.05, 0.1) is 9.95 Å². The minimum Gasteiger partial charge on any atom is -0.478 e. The molecule has 2 aromatic carbocycles. The number of hydrogen-bond donors (Lipinski definition) is 1. The zero-order valence-electron chi connectivity index (χ0n) is 10.2. The van der Waals surface area contributed by atoms with Gasteiger partial charge in [0.2, 0.25) is 0 Å². The third kappa shape index (κ3) is 3.24. The number of para-hydroxylation sites is 1. The number of rotatable bonds is 4. The summed E-state index contributed by atoms with van der Waals surface area (Å²) in [5.74, 6) is -1.13. The lowest BCUT2D eigenvalue weighted by Gasteiger charge is -2.10. The number of benzene rings is 2. The molecule has 0 aliphatic carbocycles. The molecule has 2 aromatic rings. The second kappa shape index (κ2) is 5.99. The van der Waals surface area contributed by atoms with Crippen molar-refractivity contribution in [2.45, 2.75) is 0 Å². The first kappa shape index (κ1) is 15.1. The lowest BCUT2D eigenvalue weighted by molar-refractivity contribution is -0.384. The van der Waals surface area contributed by atoms with Crippen LogP contribution in [0.5, 0.6) is 11.5 Å². The molecule has 0 saturated heterocycles. The summed E-state index contributed by atoms with van der Waals surface area (Å²) in [6.07, 6.45) is 0. The lowest BCUT2D eigenvalue weighted by Crippen LogP contribution is -2.00. The molecule has 0 saturated carbocycles. The Labute approximate surface area is 128 Å². The first-order chi connectivity index (χ1) is 9.90. The van der Waals surface area contributed by atoms with Gasteiger partial charge in [-0.1, -0.05) is 29.3 Å². The first-order valence-corrected chi connectivity index (χ1v) is 6.29. The number of aromatic carboxylic acids is 1. The molecule has 0 aromatic heterocycles. The van der Waals surface area contributed by atoms with E-state index in [0.29, 0.717) is 0 Å². The van der Waals surface area contributed by atoms with E-state index < -0.39 is 10.9 Å². The van der Waals surface area contributed by atoms with Crippen molar-refractivity contribution in [2.24, 2.45) is 0 Å². The smallest absolute Gasteiger partial charge is 0.339 e. The third-order valence-corrected chi connectivity index (χ3v) is 3.13. The molecule has 0 amide bonds. The van der Waals surface area contributed by atoms with Crippen molar-refractivity contribution >= 4 is 34.9 Å². The Morgan fingerprint density at radius 2 is 1.90 bits per heavy atom. The Balaban J connectivity index is 2.41. The van der Waals surface area contributed by atoms with Crippen molar-refractivity contribution in [3.8, 4) is 11.5 Å². The average Bonchev–Trinajstić information content (AvgIpc) is 2.40. The largest absolute Gasteiger partial charge is 0.478 e. The number of nitro groups is 1. The van der Waals surface area contributed by atoms with Gasteiger partial charge in [0.1, 0.15) is 16.3 Å². The van der Waals surface area contributed by atoms with E-state index in [9.17, 15) is 14.9 Å². The van der Waals surface area contributed by atoms with E-state index in [1.54, 1.807) is 0 Å². The van der Waals surface area contributed by atoms with Crippen LogP contribution in [0.1, 0.15) is 10.4 Å². The number of carboxylic acid groups (broad SMARTS) is 1. The highest BCUT2D eigenvalue weighted by atomic mass is 35.5. The summed E-state index contributed by atoms with van der Waals surface area (Å²) >= 11 is 11.7. The molecule has 21 heavy (non-hydrogen) atoms. The molecular weight excluding hydrogens is 321 g/mol. The highest BCUT2D eigenvalue weighted by molar-refractivity contribution is 6.33. The quantitative estimate of drug-likeness (QED) is 0.664. The topological polar surface area (TPSA) is 89.7 Å². The molecule has 0 heterocycles. The van der Waals surface area contributed by atoms with Gasteiger partial charge in [0.15, 0.2) is 5.75 Å². The van der Waals surface area contributed by atoms with E-state index in [1.807, 2.05) is 0 Å². The van der Waals surface area contributed by atoms with Crippen LogP contribution in [0.4, 0.5) is 5.69 Å². The number of nitro benzene ring substituents is 1. The van der Waals surface area contributed by atoms with Gasteiger partial charge in [-0.2, -0.15) is 0 Å². The molecule has 0 radical (unpaired) electrons. The van der Waals surface area contributed by atoms with E-state index in [0.717, 1.165) is 6.07 Å². The Hall–Kier alpha value is -2.31. The monoisotopic (exact) mass is 327 g/mol. The maximum Gasteiger partial charge on any atom is 0.339 e. The van der Waals surface area contributed by atoms with Crippen LogP contribution < -0.4 is 4.74 Å². The van der Waals surface area contributed by atoms with Crippen LogP contribution in [-0.2, 0) is 0 Å². The molecule has 0 unspecified atom stereocenters. The van der Waals surface area contributed by atoms with Crippen molar-refractivity contribution in [3.05, 3.63) is 62.1 Å². The molecule has 1 N–H and O–H groups in total. The van der Waals surface area contributed by atoms with Crippen molar-refractivity contribution in [1.82, 2.24) is 0 Å².